The normalized spacial score (nSPS) is 26.5. The molecule has 158 valence electrons. The van der Waals surface area contributed by atoms with Crippen LogP contribution in [-0.2, 0) is 11.2 Å². The molecule has 3 heterocycles. The summed E-state index contributed by atoms with van der Waals surface area (Å²) in [4.78, 5) is 8.93. The summed E-state index contributed by atoms with van der Waals surface area (Å²) in [6.07, 6.45) is 2.74. The number of benzene rings is 2. The van der Waals surface area contributed by atoms with E-state index in [-0.39, 0.29) is 5.60 Å². The Balaban J connectivity index is 1.53. The number of likely N-dealkylation sites (N-methyl/N-ethyl adjacent to an activating group) is 1. The van der Waals surface area contributed by atoms with Crippen LogP contribution in [0.2, 0.25) is 0 Å². The maximum atomic E-state index is 14.1. The van der Waals surface area contributed by atoms with Crippen molar-refractivity contribution in [1.29, 1.82) is 0 Å². The van der Waals surface area contributed by atoms with Crippen molar-refractivity contribution in [3.8, 4) is 0 Å². The van der Waals surface area contributed by atoms with Crippen LogP contribution in [0, 0.1) is 17.5 Å². The molecule has 0 radical (unpaired) electrons. The monoisotopic (exact) mass is 415 g/mol. The molecule has 2 aromatic carbocycles. The summed E-state index contributed by atoms with van der Waals surface area (Å²) in [7, 11) is 2.08. The highest BCUT2D eigenvalue weighted by Crippen LogP contribution is 2.39. The molecule has 3 aliphatic heterocycles. The van der Waals surface area contributed by atoms with Gasteiger partial charge in [0.05, 0.1) is 12.6 Å². The molecule has 30 heavy (non-hydrogen) atoms. The molecule has 0 aromatic heterocycles. The standard InChI is InChI=1S/C23H24F3N3O/c1-28-9-4-8-23(14-28)13-27-22(30-23)29-10-7-15-5-2-3-6-17(15)21(29)16-11-18(24)20(26)19(25)12-16/h2-3,5-6,11-12,21H,4,7-10,13-14H2,1H3/t21-,23+/m1/s1. The molecule has 0 amide bonds. The molecule has 3 aliphatic rings. The van der Waals surface area contributed by atoms with Crippen LogP contribution in [0.25, 0.3) is 0 Å². The summed E-state index contributed by atoms with van der Waals surface area (Å²) in [6, 6.07) is 10.0. The van der Waals surface area contributed by atoms with Gasteiger partial charge >= 0.3 is 0 Å². The number of fused-ring (bicyclic) bond motifs is 1. The Bertz CT molecular complexity index is 988. The molecule has 1 fully saturated rings. The van der Waals surface area contributed by atoms with E-state index in [1.807, 2.05) is 29.2 Å². The van der Waals surface area contributed by atoms with E-state index in [0.29, 0.717) is 24.7 Å². The molecule has 4 nitrogen and oxygen atoms in total. The molecule has 0 aliphatic carbocycles. The lowest BCUT2D eigenvalue weighted by atomic mass is 9.88. The zero-order valence-corrected chi connectivity index (χ0v) is 16.9. The maximum Gasteiger partial charge on any atom is 0.288 e. The SMILES string of the molecule is CN1CCC[C@]2(CN=C(N3CCc4ccccc4[C@H]3c3cc(F)c(F)c(F)c3)O2)C1. The van der Waals surface area contributed by atoms with Gasteiger partial charge in [0.15, 0.2) is 17.5 Å². The van der Waals surface area contributed by atoms with Crippen LogP contribution >= 0.6 is 0 Å². The Kier molecular flexibility index (Phi) is 4.73. The van der Waals surface area contributed by atoms with E-state index in [1.165, 1.54) is 0 Å². The fourth-order valence-electron chi connectivity index (χ4n) is 5.02. The Hall–Kier alpha value is -2.54. The fourth-order valence-corrected chi connectivity index (χ4v) is 5.02. The molecule has 2 atom stereocenters. The summed E-state index contributed by atoms with van der Waals surface area (Å²) in [5, 5.41) is 0. The predicted molar refractivity (Wildman–Crippen MR) is 108 cm³/mol. The Labute approximate surface area is 174 Å². The van der Waals surface area contributed by atoms with Crippen molar-refractivity contribution in [2.45, 2.75) is 30.9 Å². The Morgan fingerprint density at radius 3 is 2.63 bits per heavy atom. The maximum absolute atomic E-state index is 14.1. The number of hydrogen-bond acceptors (Lipinski definition) is 4. The van der Waals surface area contributed by atoms with Crippen LogP contribution in [0.5, 0.6) is 0 Å². The van der Waals surface area contributed by atoms with Gasteiger partial charge in [-0.05, 0) is 61.7 Å². The summed E-state index contributed by atoms with van der Waals surface area (Å²) >= 11 is 0. The average Bonchev–Trinajstić information content (AvgIpc) is 3.13. The minimum Gasteiger partial charge on any atom is -0.455 e. The average molecular weight is 415 g/mol. The molecule has 0 N–H and O–H groups in total. The molecule has 5 rings (SSSR count). The van der Waals surface area contributed by atoms with Gasteiger partial charge in [-0.3, -0.25) is 0 Å². The van der Waals surface area contributed by atoms with Crippen molar-refractivity contribution in [2.75, 3.05) is 33.2 Å². The van der Waals surface area contributed by atoms with E-state index in [4.69, 9.17) is 9.73 Å². The van der Waals surface area contributed by atoms with Gasteiger partial charge in [0, 0.05) is 13.1 Å². The summed E-state index contributed by atoms with van der Waals surface area (Å²) in [5.41, 5.74) is 2.05. The van der Waals surface area contributed by atoms with Crippen molar-refractivity contribution < 1.29 is 17.9 Å². The third-order valence-corrected chi connectivity index (χ3v) is 6.39. The lowest BCUT2D eigenvalue weighted by Crippen LogP contribution is -2.51. The molecule has 7 heteroatoms. The van der Waals surface area contributed by atoms with E-state index >= 15 is 0 Å². The number of aliphatic imine (C=N–C) groups is 1. The minimum atomic E-state index is -1.45. The van der Waals surface area contributed by atoms with E-state index in [1.54, 1.807) is 0 Å². The van der Waals surface area contributed by atoms with Crippen molar-refractivity contribution >= 4 is 6.02 Å². The number of amidine groups is 1. The van der Waals surface area contributed by atoms with E-state index < -0.39 is 23.5 Å². The van der Waals surface area contributed by atoms with Gasteiger partial charge in [-0.25, -0.2) is 18.2 Å². The van der Waals surface area contributed by atoms with Gasteiger partial charge in [0.2, 0.25) is 0 Å². The van der Waals surface area contributed by atoms with Crippen LogP contribution in [0.1, 0.15) is 35.6 Å². The third-order valence-electron chi connectivity index (χ3n) is 6.39. The summed E-state index contributed by atoms with van der Waals surface area (Å²) < 4.78 is 48.3. The molecule has 1 saturated heterocycles. The second-order valence-electron chi connectivity index (χ2n) is 8.57. The zero-order chi connectivity index (χ0) is 20.9. The first-order valence-corrected chi connectivity index (χ1v) is 10.4. The fraction of sp³-hybridized carbons (Fsp3) is 0.435. The van der Waals surface area contributed by atoms with Crippen LogP contribution in [-0.4, -0.2) is 54.6 Å². The number of ether oxygens (including phenoxy) is 1. The zero-order valence-electron chi connectivity index (χ0n) is 16.9. The van der Waals surface area contributed by atoms with Crippen LogP contribution < -0.4 is 0 Å². The highest BCUT2D eigenvalue weighted by atomic mass is 19.2. The van der Waals surface area contributed by atoms with Gasteiger partial charge in [0.1, 0.15) is 5.60 Å². The number of rotatable bonds is 1. The van der Waals surface area contributed by atoms with Crippen LogP contribution in [0.15, 0.2) is 41.4 Å². The first-order chi connectivity index (χ1) is 14.5. The van der Waals surface area contributed by atoms with Gasteiger partial charge in [0.25, 0.3) is 6.02 Å². The third kappa shape index (κ3) is 3.25. The van der Waals surface area contributed by atoms with Gasteiger partial charge < -0.3 is 14.5 Å². The summed E-state index contributed by atoms with van der Waals surface area (Å²) in [6.45, 7) is 3.01. The topological polar surface area (TPSA) is 28.1 Å². The van der Waals surface area contributed by atoms with E-state index in [2.05, 4.69) is 11.9 Å². The number of piperidine rings is 1. The van der Waals surface area contributed by atoms with Gasteiger partial charge in [-0.2, -0.15) is 0 Å². The second-order valence-corrected chi connectivity index (χ2v) is 8.57. The van der Waals surface area contributed by atoms with Gasteiger partial charge in [-0.1, -0.05) is 24.3 Å². The lowest BCUT2D eigenvalue weighted by Gasteiger charge is -2.41. The number of hydrogen-bond donors (Lipinski definition) is 0. The van der Waals surface area contributed by atoms with Crippen molar-refractivity contribution in [3.63, 3.8) is 0 Å². The van der Waals surface area contributed by atoms with Crippen LogP contribution in [0.3, 0.4) is 0 Å². The first kappa shape index (κ1) is 19.4. The highest BCUT2D eigenvalue weighted by Gasteiger charge is 2.44. The van der Waals surface area contributed by atoms with E-state index in [9.17, 15) is 13.2 Å². The van der Waals surface area contributed by atoms with Crippen molar-refractivity contribution in [3.05, 3.63) is 70.5 Å². The quantitative estimate of drug-likeness (QED) is 0.662. The van der Waals surface area contributed by atoms with Crippen molar-refractivity contribution in [2.24, 2.45) is 4.99 Å². The minimum absolute atomic E-state index is 0.344. The van der Waals surface area contributed by atoms with Crippen molar-refractivity contribution in [1.82, 2.24) is 9.80 Å². The molecular weight excluding hydrogens is 391 g/mol. The molecule has 0 saturated carbocycles. The predicted octanol–water partition coefficient (Wildman–Crippen LogP) is 3.90. The number of nitrogens with zero attached hydrogens (tertiary/aromatic N) is 3. The summed E-state index contributed by atoms with van der Waals surface area (Å²) in [5.74, 6) is -3.83. The first-order valence-electron chi connectivity index (χ1n) is 10.4. The molecule has 0 unspecified atom stereocenters. The smallest absolute Gasteiger partial charge is 0.288 e. The molecule has 1 spiro atoms. The Morgan fingerprint density at radius 1 is 1.10 bits per heavy atom. The number of likely N-dealkylation sites (tertiary alicyclic amines) is 1. The highest BCUT2D eigenvalue weighted by molar-refractivity contribution is 5.78. The molecular formula is C23H24F3N3O. The molecule has 2 aromatic rings. The van der Waals surface area contributed by atoms with E-state index in [0.717, 1.165) is 55.6 Å². The van der Waals surface area contributed by atoms with Crippen LogP contribution in [0.4, 0.5) is 13.2 Å². The van der Waals surface area contributed by atoms with Gasteiger partial charge in [-0.15, -0.1) is 0 Å². The molecule has 0 bridgehead atoms. The second kappa shape index (κ2) is 7.30. The number of halogens is 3. The lowest BCUT2D eigenvalue weighted by molar-refractivity contribution is 0.000247. The largest absolute Gasteiger partial charge is 0.455 e. The Morgan fingerprint density at radius 2 is 1.87 bits per heavy atom.